The normalized spacial score (nSPS) is 18.1. The molecule has 4 N–H and O–H groups in total. The van der Waals surface area contributed by atoms with Crippen LogP contribution in [0.15, 0.2) is 0 Å². The predicted octanol–water partition coefficient (Wildman–Crippen LogP) is 1.13. The fourth-order valence-electron chi connectivity index (χ4n) is 2.01. The Morgan fingerprint density at radius 1 is 1.37 bits per heavy atom. The molecule has 0 saturated carbocycles. The molecule has 1 atom stereocenters. The molecule has 5 nitrogen and oxygen atoms in total. The molecule has 1 rings (SSSR count). The van der Waals surface area contributed by atoms with Crippen LogP contribution in [0, 0.1) is 11.8 Å². The highest BCUT2D eigenvalue weighted by molar-refractivity contribution is 5.76. The molecule has 1 heterocycles. The Kier molecular flexibility index (Phi) is 7.43. The van der Waals surface area contributed by atoms with Crippen molar-refractivity contribution in [1.29, 1.82) is 0 Å². The van der Waals surface area contributed by atoms with Crippen molar-refractivity contribution in [2.24, 2.45) is 17.6 Å². The molecule has 0 aromatic rings. The van der Waals surface area contributed by atoms with Crippen molar-refractivity contribution in [2.75, 3.05) is 13.1 Å². The van der Waals surface area contributed by atoms with E-state index in [1.165, 1.54) is 0 Å². The number of halogens is 3. The number of carboxylic acids is 1. The van der Waals surface area contributed by atoms with Gasteiger partial charge in [0.25, 0.3) is 0 Å². The number of alkyl halides is 3. The van der Waals surface area contributed by atoms with Gasteiger partial charge in [0, 0.05) is 5.92 Å². The molecule has 19 heavy (non-hydrogen) atoms. The molecule has 1 saturated heterocycles. The predicted molar refractivity (Wildman–Crippen MR) is 62.3 cm³/mol. The fraction of sp³-hybridized carbons (Fsp3) is 0.818. The zero-order valence-corrected chi connectivity index (χ0v) is 10.7. The fourth-order valence-corrected chi connectivity index (χ4v) is 2.01. The van der Waals surface area contributed by atoms with Crippen molar-refractivity contribution in [3.8, 4) is 0 Å². The van der Waals surface area contributed by atoms with E-state index in [1.54, 1.807) is 0 Å². The third-order valence-electron chi connectivity index (χ3n) is 3.00. The average molecular weight is 284 g/mol. The van der Waals surface area contributed by atoms with E-state index < -0.39 is 12.1 Å². The number of nitrogens with one attached hydrogen (secondary N) is 1. The molecule has 8 heteroatoms. The van der Waals surface area contributed by atoms with Crippen LogP contribution in [-0.2, 0) is 9.59 Å². The first-order valence-electron chi connectivity index (χ1n) is 6.00. The summed E-state index contributed by atoms with van der Waals surface area (Å²) in [5.74, 6) is -2.25. The van der Waals surface area contributed by atoms with Crippen LogP contribution in [0.5, 0.6) is 0 Å². The highest BCUT2D eigenvalue weighted by Crippen LogP contribution is 2.23. The number of carboxylic acid groups (broad SMARTS) is 1. The summed E-state index contributed by atoms with van der Waals surface area (Å²) in [4.78, 5) is 19.9. The highest BCUT2D eigenvalue weighted by atomic mass is 19.4. The highest BCUT2D eigenvalue weighted by Gasteiger charge is 2.38. The second-order valence-electron chi connectivity index (χ2n) is 4.31. The van der Waals surface area contributed by atoms with Crippen LogP contribution in [0.25, 0.3) is 0 Å². The van der Waals surface area contributed by atoms with Crippen molar-refractivity contribution in [1.82, 2.24) is 5.32 Å². The molecule has 0 aromatic carbocycles. The number of piperidine rings is 1. The van der Waals surface area contributed by atoms with Gasteiger partial charge in [0.15, 0.2) is 0 Å². The molecule has 1 fully saturated rings. The SMILES string of the molecule is CCC(C(N)=O)C1CCNCC1.O=C(O)C(F)(F)F. The third-order valence-corrected chi connectivity index (χ3v) is 3.00. The minimum atomic E-state index is -5.08. The van der Waals surface area contributed by atoms with E-state index in [0.29, 0.717) is 5.92 Å². The van der Waals surface area contributed by atoms with Gasteiger partial charge >= 0.3 is 12.1 Å². The minimum absolute atomic E-state index is 0.104. The van der Waals surface area contributed by atoms with E-state index in [9.17, 15) is 18.0 Å². The number of hydrogen-bond donors (Lipinski definition) is 3. The topological polar surface area (TPSA) is 92.4 Å². The molecule has 1 aliphatic rings. The summed E-state index contributed by atoms with van der Waals surface area (Å²) in [5.41, 5.74) is 5.32. The molecule has 0 aliphatic carbocycles. The summed E-state index contributed by atoms with van der Waals surface area (Å²) in [6, 6.07) is 0. The van der Waals surface area contributed by atoms with E-state index in [1.807, 2.05) is 6.92 Å². The van der Waals surface area contributed by atoms with Crippen LogP contribution in [0.4, 0.5) is 13.2 Å². The summed E-state index contributed by atoms with van der Waals surface area (Å²) < 4.78 is 31.7. The Morgan fingerprint density at radius 3 is 2.05 bits per heavy atom. The van der Waals surface area contributed by atoms with Gasteiger partial charge in [0.2, 0.25) is 5.91 Å². The van der Waals surface area contributed by atoms with Crippen molar-refractivity contribution in [2.45, 2.75) is 32.4 Å². The van der Waals surface area contributed by atoms with E-state index in [0.717, 1.165) is 32.4 Å². The van der Waals surface area contributed by atoms with Crippen LogP contribution in [0.2, 0.25) is 0 Å². The Bertz CT molecular complexity index is 302. The zero-order chi connectivity index (χ0) is 15.1. The summed E-state index contributed by atoms with van der Waals surface area (Å²) in [5, 5.41) is 10.4. The summed E-state index contributed by atoms with van der Waals surface area (Å²) in [7, 11) is 0. The molecule has 1 amide bonds. The van der Waals surface area contributed by atoms with Crippen molar-refractivity contribution >= 4 is 11.9 Å². The molecular weight excluding hydrogens is 265 g/mol. The molecule has 0 radical (unpaired) electrons. The number of amides is 1. The maximum absolute atomic E-state index is 11.0. The minimum Gasteiger partial charge on any atom is -0.475 e. The van der Waals surface area contributed by atoms with Gasteiger partial charge < -0.3 is 16.2 Å². The smallest absolute Gasteiger partial charge is 0.475 e. The van der Waals surface area contributed by atoms with E-state index in [-0.39, 0.29) is 11.8 Å². The lowest BCUT2D eigenvalue weighted by Crippen LogP contribution is -2.37. The molecule has 112 valence electrons. The van der Waals surface area contributed by atoms with Crippen molar-refractivity contribution in [3.63, 3.8) is 0 Å². The second-order valence-corrected chi connectivity index (χ2v) is 4.31. The average Bonchev–Trinajstić information content (AvgIpc) is 2.30. The number of hydrogen-bond acceptors (Lipinski definition) is 3. The summed E-state index contributed by atoms with van der Waals surface area (Å²) in [6.45, 7) is 4.11. The molecule has 0 spiro atoms. The number of rotatable bonds is 3. The Hall–Kier alpha value is -1.31. The number of carbonyl (C=O) groups is 2. The van der Waals surface area contributed by atoms with Crippen LogP contribution in [0.3, 0.4) is 0 Å². The Morgan fingerprint density at radius 2 is 1.79 bits per heavy atom. The molecule has 1 aliphatic heterocycles. The van der Waals surface area contributed by atoms with Gasteiger partial charge in [-0.25, -0.2) is 4.79 Å². The maximum atomic E-state index is 11.0. The van der Waals surface area contributed by atoms with Crippen molar-refractivity contribution in [3.05, 3.63) is 0 Å². The Labute approximate surface area is 109 Å². The lowest BCUT2D eigenvalue weighted by molar-refractivity contribution is -0.192. The molecule has 0 aromatic heterocycles. The molecule has 0 bridgehead atoms. The summed E-state index contributed by atoms with van der Waals surface area (Å²) in [6.07, 6.45) is -2.00. The summed E-state index contributed by atoms with van der Waals surface area (Å²) >= 11 is 0. The van der Waals surface area contributed by atoms with E-state index >= 15 is 0 Å². The van der Waals surface area contributed by atoms with Gasteiger partial charge in [0.05, 0.1) is 0 Å². The van der Waals surface area contributed by atoms with Gasteiger partial charge in [-0.15, -0.1) is 0 Å². The van der Waals surface area contributed by atoms with Gasteiger partial charge in [-0.05, 0) is 38.3 Å². The first kappa shape index (κ1) is 17.7. The number of nitrogens with two attached hydrogens (primary N) is 1. The van der Waals surface area contributed by atoms with E-state index in [2.05, 4.69) is 5.32 Å². The van der Waals surface area contributed by atoms with Gasteiger partial charge in [0.1, 0.15) is 0 Å². The number of aliphatic carboxylic acids is 1. The number of carbonyl (C=O) groups excluding carboxylic acids is 1. The monoisotopic (exact) mass is 284 g/mol. The molecular formula is C11H19F3N2O3. The van der Waals surface area contributed by atoms with Gasteiger partial charge in [-0.2, -0.15) is 13.2 Å². The lowest BCUT2D eigenvalue weighted by Gasteiger charge is -2.27. The molecule has 1 unspecified atom stereocenters. The lowest BCUT2D eigenvalue weighted by atomic mass is 9.83. The van der Waals surface area contributed by atoms with Gasteiger partial charge in [-0.1, -0.05) is 6.92 Å². The standard InChI is InChI=1S/C9H18N2O.C2HF3O2/c1-2-8(9(10)12)7-3-5-11-6-4-7;3-2(4,5)1(6)7/h7-8,11H,2-6H2,1H3,(H2,10,12);(H,6,7). The van der Waals surface area contributed by atoms with Crippen LogP contribution in [0.1, 0.15) is 26.2 Å². The Balaban J connectivity index is 0.000000399. The quantitative estimate of drug-likeness (QED) is 0.724. The number of primary amides is 1. The van der Waals surface area contributed by atoms with Crippen LogP contribution >= 0.6 is 0 Å². The van der Waals surface area contributed by atoms with Crippen molar-refractivity contribution < 1.29 is 27.9 Å². The van der Waals surface area contributed by atoms with Crippen LogP contribution < -0.4 is 11.1 Å². The first-order valence-corrected chi connectivity index (χ1v) is 6.00. The maximum Gasteiger partial charge on any atom is 0.490 e. The van der Waals surface area contributed by atoms with E-state index in [4.69, 9.17) is 15.6 Å². The first-order chi connectivity index (χ1) is 8.70. The van der Waals surface area contributed by atoms with Gasteiger partial charge in [-0.3, -0.25) is 4.79 Å². The second kappa shape index (κ2) is 7.98. The van der Waals surface area contributed by atoms with Crippen LogP contribution in [-0.4, -0.2) is 36.2 Å². The third kappa shape index (κ3) is 7.00. The largest absolute Gasteiger partial charge is 0.490 e. The zero-order valence-electron chi connectivity index (χ0n) is 10.7.